The van der Waals surface area contributed by atoms with Gasteiger partial charge in [0.2, 0.25) is 0 Å². The number of hydrogen-bond acceptors (Lipinski definition) is 5. The second kappa shape index (κ2) is 5.20. The Hall–Kier alpha value is -1.96. The first-order valence-corrected chi connectivity index (χ1v) is 6.80. The van der Waals surface area contributed by atoms with E-state index in [1.807, 2.05) is 0 Å². The zero-order valence-corrected chi connectivity index (χ0v) is 11.0. The van der Waals surface area contributed by atoms with Crippen LogP contribution in [0.3, 0.4) is 0 Å². The Balaban J connectivity index is 1.62. The van der Waals surface area contributed by atoms with Crippen molar-refractivity contribution >= 4 is 11.9 Å². The molecule has 2 aliphatic heterocycles. The lowest BCUT2D eigenvalue weighted by atomic mass is 10.0. The third-order valence-corrected chi connectivity index (χ3v) is 3.93. The Bertz CT molecular complexity index is 517. The molecule has 0 saturated carbocycles. The summed E-state index contributed by atoms with van der Waals surface area (Å²) in [4.78, 5) is 24.3. The van der Waals surface area contributed by atoms with Gasteiger partial charge in [0.05, 0.1) is 18.2 Å². The van der Waals surface area contributed by atoms with Crippen molar-refractivity contribution < 1.29 is 14.7 Å². The summed E-state index contributed by atoms with van der Waals surface area (Å²) in [5, 5.41) is 20.0. The van der Waals surface area contributed by atoms with Gasteiger partial charge in [-0.05, 0) is 25.9 Å². The number of nitrogens with zero attached hydrogens (tertiary/aromatic N) is 4. The molecular weight excluding hydrogens is 262 g/mol. The third kappa shape index (κ3) is 2.38. The quantitative estimate of drug-likeness (QED) is 0.763. The van der Waals surface area contributed by atoms with Crippen LogP contribution in [0.25, 0.3) is 0 Å². The fraction of sp³-hybridized carbons (Fsp3) is 0.667. The fourth-order valence-corrected chi connectivity index (χ4v) is 2.59. The minimum atomic E-state index is -0.854. The van der Waals surface area contributed by atoms with E-state index in [4.69, 9.17) is 5.11 Å². The van der Waals surface area contributed by atoms with Crippen LogP contribution in [0.1, 0.15) is 29.4 Å². The second-order valence-electron chi connectivity index (χ2n) is 5.31. The highest BCUT2D eigenvalue weighted by Gasteiger charge is 2.37. The summed E-state index contributed by atoms with van der Waals surface area (Å²) in [5.41, 5.74) is 0.298. The van der Waals surface area contributed by atoms with E-state index >= 15 is 0 Å². The van der Waals surface area contributed by atoms with E-state index < -0.39 is 11.9 Å². The Labute approximate surface area is 115 Å². The molecule has 2 fully saturated rings. The minimum absolute atomic E-state index is 0.234. The molecule has 0 radical (unpaired) electrons. The third-order valence-electron chi connectivity index (χ3n) is 3.93. The standard InChI is InChI=1S/C12H17N5O3/c18-11(16-5-8(6-16)12(19)20)10-7-17(15-14-10)9-1-3-13-4-2-9/h7-9,13H,1-6H2,(H,19,20). The number of rotatable bonds is 3. The molecule has 1 aromatic rings. The Morgan fingerprint density at radius 3 is 2.65 bits per heavy atom. The van der Waals surface area contributed by atoms with Crippen LogP contribution in [0.4, 0.5) is 0 Å². The van der Waals surface area contributed by atoms with Gasteiger partial charge in [-0.2, -0.15) is 0 Å². The highest BCUT2D eigenvalue weighted by atomic mass is 16.4. The summed E-state index contributed by atoms with van der Waals surface area (Å²) in [6.07, 6.45) is 3.62. The fourth-order valence-electron chi connectivity index (χ4n) is 2.59. The van der Waals surface area contributed by atoms with Crippen molar-refractivity contribution in [2.75, 3.05) is 26.2 Å². The van der Waals surface area contributed by atoms with Gasteiger partial charge in [-0.15, -0.1) is 5.10 Å². The number of aromatic nitrogens is 3. The van der Waals surface area contributed by atoms with E-state index in [1.54, 1.807) is 10.9 Å². The molecule has 20 heavy (non-hydrogen) atoms. The largest absolute Gasteiger partial charge is 0.481 e. The smallest absolute Gasteiger partial charge is 0.310 e. The van der Waals surface area contributed by atoms with Crippen molar-refractivity contribution in [2.45, 2.75) is 18.9 Å². The van der Waals surface area contributed by atoms with E-state index in [0.29, 0.717) is 5.69 Å². The van der Waals surface area contributed by atoms with Gasteiger partial charge in [-0.3, -0.25) is 9.59 Å². The number of carbonyl (C=O) groups is 2. The minimum Gasteiger partial charge on any atom is -0.481 e. The number of carboxylic acid groups (broad SMARTS) is 1. The number of nitrogens with one attached hydrogen (secondary N) is 1. The average Bonchev–Trinajstić information content (AvgIpc) is 2.87. The number of aliphatic carboxylic acids is 1. The lowest BCUT2D eigenvalue weighted by molar-refractivity contribution is -0.146. The molecule has 0 atom stereocenters. The van der Waals surface area contributed by atoms with Crippen LogP contribution >= 0.6 is 0 Å². The summed E-state index contributed by atoms with van der Waals surface area (Å²) < 4.78 is 1.75. The Morgan fingerprint density at radius 2 is 2.00 bits per heavy atom. The molecule has 8 heteroatoms. The molecule has 0 aromatic carbocycles. The van der Waals surface area contributed by atoms with Crippen LogP contribution in [-0.4, -0.2) is 63.1 Å². The first kappa shape index (κ1) is 13.0. The predicted molar refractivity (Wildman–Crippen MR) is 68.2 cm³/mol. The lowest BCUT2D eigenvalue weighted by Crippen LogP contribution is -2.53. The number of carbonyl (C=O) groups excluding carboxylic acids is 1. The summed E-state index contributed by atoms with van der Waals surface area (Å²) in [7, 11) is 0. The number of hydrogen-bond donors (Lipinski definition) is 2. The summed E-state index contributed by atoms with van der Waals surface area (Å²) in [6, 6.07) is 0.286. The molecule has 2 aliphatic rings. The van der Waals surface area contributed by atoms with Gasteiger partial charge in [0.1, 0.15) is 0 Å². The van der Waals surface area contributed by atoms with Crippen molar-refractivity contribution in [1.82, 2.24) is 25.2 Å². The second-order valence-corrected chi connectivity index (χ2v) is 5.31. The molecular formula is C12H17N5O3. The average molecular weight is 279 g/mol. The molecule has 0 unspecified atom stereocenters. The van der Waals surface area contributed by atoms with Gasteiger partial charge in [0.25, 0.3) is 5.91 Å². The summed E-state index contributed by atoms with van der Waals surface area (Å²) in [5.74, 6) is -1.53. The molecule has 3 rings (SSSR count). The highest BCUT2D eigenvalue weighted by Crippen LogP contribution is 2.20. The molecule has 3 heterocycles. The molecule has 0 spiro atoms. The van der Waals surface area contributed by atoms with Gasteiger partial charge in [0.15, 0.2) is 5.69 Å². The zero-order valence-electron chi connectivity index (χ0n) is 11.0. The van der Waals surface area contributed by atoms with Crippen molar-refractivity contribution in [3.63, 3.8) is 0 Å². The molecule has 1 aromatic heterocycles. The first-order valence-electron chi connectivity index (χ1n) is 6.80. The SMILES string of the molecule is O=C(O)C1CN(C(=O)c2cn(C3CCNCC3)nn2)C1. The molecule has 0 bridgehead atoms. The number of carboxylic acids is 1. The maximum absolute atomic E-state index is 12.1. The lowest BCUT2D eigenvalue weighted by Gasteiger charge is -2.35. The van der Waals surface area contributed by atoms with Gasteiger partial charge in [-0.1, -0.05) is 5.21 Å². The van der Waals surface area contributed by atoms with Crippen LogP contribution < -0.4 is 5.32 Å². The van der Waals surface area contributed by atoms with E-state index in [0.717, 1.165) is 25.9 Å². The van der Waals surface area contributed by atoms with Gasteiger partial charge in [0, 0.05) is 13.1 Å². The summed E-state index contributed by atoms with van der Waals surface area (Å²) >= 11 is 0. The van der Waals surface area contributed by atoms with Crippen molar-refractivity contribution in [2.24, 2.45) is 5.92 Å². The maximum Gasteiger partial charge on any atom is 0.310 e. The molecule has 8 nitrogen and oxygen atoms in total. The molecule has 0 aliphatic carbocycles. The van der Waals surface area contributed by atoms with Crippen LogP contribution in [0.2, 0.25) is 0 Å². The number of piperidine rings is 1. The molecule has 1 amide bonds. The maximum atomic E-state index is 12.1. The van der Waals surface area contributed by atoms with Gasteiger partial charge >= 0.3 is 5.97 Å². The first-order chi connectivity index (χ1) is 9.65. The molecule has 2 N–H and O–H groups in total. The Kier molecular flexibility index (Phi) is 3.39. The van der Waals surface area contributed by atoms with E-state index in [2.05, 4.69) is 15.6 Å². The van der Waals surface area contributed by atoms with Crippen LogP contribution in [0.5, 0.6) is 0 Å². The summed E-state index contributed by atoms with van der Waals surface area (Å²) in [6.45, 7) is 2.41. The monoisotopic (exact) mass is 279 g/mol. The van der Waals surface area contributed by atoms with Gasteiger partial charge < -0.3 is 15.3 Å². The van der Waals surface area contributed by atoms with Crippen LogP contribution in [0.15, 0.2) is 6.20 Å². The number of amides is 1. The molecule has 2 saturated heterocycles. The molecule has 108 valence electrons. The van der Waals surface area contributed by atoms with Crippen molar-refractivity contribution in [1.29, 1.82) is 0 Å². The van der Waals surface area contributed by atoms with E-state index in [9.17, 15) is 9.59 Å². The van der Waals surface area contributed by atoms with Crippen LogP contribution in [-0.2, 0) is 4.79 Å². The highest BCUT2D eigenvalue weighted by molar-refractivity contribution is 5.93. The predicted octanol–water partition coefficient (Wildman–Crippen LogP) is -0.641. The number of likely N-dealkylation sites (tertiary alicyclic amines) is 1. The van der Waals surface area contributed by atoms with Crippen molar-refractivity contribution in [3.8, 4) is 0 Å². The zero-order chi connectivity index (χ0) is 14.1. The normalized spacial score (nSPS) is 20.7. The van der Waals surface area contributed by atoms with Crippen LogP contribution in [0, 0.1) is 5.92 Å². The Morgan fingerprint density at radius 1 is 1.30 bits per heavy atom. The van der Waals surface area contributed by atoms with E-state index in [1.165, 1.54) is 4.90 Å². The van der Waals surface area contributed by atoms with E-state index in [-0.39, 0.29) is 25.0 Å². The van der Waals surface area contributed by atoms with Crippen molar-refractivity contribution in [3.05, 3.63) is 11.9 Å². The van der Waals surface area contributed by atoms with Gasteiger partial charge in [-0.25, -0.2) is 4.68 Å². The topological polar surface area (TPSA) is 100 Å².